The molecule has 230 valence electrons. The number of carbonyl (C=O) groups is 1. The van der Waals surface area contributed by atoms with E-state index in [1.165, 1.54) is 17.8 Å². The summed E-state index contributed by atoms with van der Waals surface area (Å²) in [6.45, 7) is 1.07. The van der Waals surface area contributed by atoms with Gasteiger partial charge >= 0.3 is 13.7 Å². The number of aliphatic hydroxyl groups is 1. The maximum Gasteiger partial charge on any atom is 0.459 e. The number of ether oxygens (including phenoxy) is 2. The number of nitriles is 1. The van der Waals surface area contributed by atoms with Crippen molar-refractivity contribution < 1.29 is 33.0 Å². The summed E-state index contributed by atoms with van der Waals surface area (Å²) in [7, 11) is -4.33. The molecule has 5 atom stereocenters. The molecule has 14 nitrogen and oxygen atoms in total. The van der Waals surface area contributed by atoms with Crippen molar-refractivity contribution in [2.45, 2.75) is 68.9 Å². The standard InChI is InChI=1S/C28H36N7O7P/c1-18(27(37)39-14-19-7-9-20(30)10-8-19)34-43(38,42-21-5-3-2-4-6-21)40-16-28(15-29)25(36)13-24(41-28)22-11-12-23-26(31)32-17-33-35(22)23/h2-6,11-12,17-20,24-25,36H,7-10,13-14,16,30H2,1H3,(H,34,38)(H2,31,32,33)/t18-,19?,20?,24+,25-,28+,43?/m0/s1. The van der Waals surface area contributed by atoms with Gasteiger partial charge in [-0.15, -0.1) is 0 Å². The van der Waals surface area contributed by atoms with E-state index < -0.39 is 44.2 Å². The van der Waals surface area contributed by atoms with Crippen LogP contribution >= 0.6 is 7.75 Å². The Balaban J connectivity index is 1.29. The van der Waals surface area contributed by atoms with Gasteiger partial charge in [-0.25, -0.2) is 14.1 Å². The molecule has 1 aromatic carbocycles. The molecule has 0 radical (unpaired) electrons. The fourth-order valence-electron chi connectivity index (χ4n) is 5.30. The number of anilines is 1. The van der Waals surface area contributed by atoms with E-state index in [9.17, 15) is 19.7 Å². The number of rotatable bonds is 11. The lowest BCUT2D eigenvalue weighted by Gasteiger charge is -2.29. The lowest BCUT2D eigenvalue weighted by atomic mass is 9.87. The van der Waals surface area contributed by atoms with Gasteiger partial charge in [-0.3, -0.25) is 9.32 Å². The Morgan fingerprint density at radius 2 is 2.02 bits per heavy atom. The second-order valence-electron chi connectivity index (χ2n) is 11.0. The van der Waals surface area contributed by atoms with Crippen molar-refractivity contribution in [1.82, 2.24) is 19.7 Å². The maximum atomic E-state index is 14.0. The van der Waals surface area contributed by atoms with Crippen molar-refractivity contribution in [3.63, 3.8) is 0 Å². The third-order valence-corrected chi connectivity index (χ3v) is 9.46. The molecule has 2 fully saturated rings. The second kappa shape index (κ2) is 13.0. The van der Waals surface area contributed by atoms with Crippen LogP contribution < -0.4 is 21.1 Å². The smallest absolute Gasteiger partial charge is 0.459 e. The van der Waals surface area contributed by atoms with Crippen LogP contribution in [-0.4, -0.2) is 62.7 Å². The van der Waals surface area contributed by atoms with Crippen molar-refractivity contribution in [1.29, 1.82) is 5.26 Å². The van der Waals surface area contributed by atoms with Gasteiger partial charge in [-0.2, -0.15) is 15.4 Å². The van der Waals surface area contributed by atoms with Crippen LogP contribution in [0.1, 0.15) is 50.8 Å². The zero-order chi connectivity index (χ0) is 30.6. The molecule has 3 aromatic rings. The molecule has 1 aliphatic carbocycles. The Morgan fingerprint density at radius 1 is 1.28 bits per heavy atom. The Kier molecular flexibility index (Phi) is 9.31. The van der Waals surface area contributed by atoms with Crippen molar-refractivity contribution >= 4 is 25.1 Å². The van der Waals surface area contributed by atoms with Gasteiger partial charge in [-0.1, -0.05) is 18.2 Å². The first-order valence-electron chi connectivity index (χ1n) is 14.2. The molecule has 1 saturated heterocycles. The highest BCUT2D eigenvalue weighted by Crippen LogP contribution is 2.48. The molecule has 0 bridgehead atoms. The number of carbonyl (C=O) groups excluding carboxylic acids is 1. The van der Waals surface area contributed by atoms with E-state index >= 15 is 0 Å². The van der Waals surface area contributed by atoms with E-state index in [0.29, 0.717) is 11.2 Å². The van der Waals surface area contributed by atoms with E-state index in [-0.39, 0.29) is 36.6 Å². The molecule has 0 spiro atoms. The number of benzene rings is 1. The summed E-state index contributed by atoms with van der Waals surface area (Å²) in [5.74, 6) is 0.0371. The number of aliphatic hydroxyl groups excluding tert-OH is 1. The molecule has 1 aliphatic heterocycles. The van der Waals surface area contributed by atoms with Gasteiger partial charge in [-0.05, 0) is 62.8 Å². The van der Waals surface area contributed by atoms with Crippen LogP contribution in [0.5, 0.6) is 5.75 Å². The average molecular weight is 614 g/mol. The van der Waals surface area contributed by atoms with Crippen LogP contribution in [0.2, 0.25) is 0 Å². The lowest BCUT2D eigenvalue weighted by Crippen LogP contribution is -2.43. The summed E-state index contributed by atoms with van der Waals surface area (Å²) < 4.78 is 38.5. The van der Waals surface area contributed by atoms with Crippen molar-refractivity contribution in [3.05, 3.63) is 54.5 Å². The van der Waals surface area contributed by atoms with Gasteiger partial charge < -0.3 is 30.6 Å². The van der Waals surface area contributed by atoms with Gasteiger partial charge in [0.15, 0.2) is 5.82 Å². The molecule has 15 heteroatoms. The number of nitrogens with one attached hydrogen (secondary N) is 1. The molecule has 0 amide bonds. The van der Waals surface area contributed by atoms with Crippen molar-refractivity contribution in [2.75, 3.05) is 18.9 Å². The number of nitrogens with two attached hydrogens (primary N) is 2. The van der Waals surface area contributed by atoms with Gasteiger partial charge in [0.2, 0.25) is 5.60 Å². The Hall–Kier alpha value is -3.57. The first-order valence-corrected chi connectivity index (χ1v) is 15.7. The van der Waals surface area contributed by atoms with Crippen molar-refractivity contribution in [2.24, 2.45) is 11.7 Å². The second-order valence-corrected chi connectivity index (χ2v) is 12.7. The average Bonchev–Trinajstić information content (AvgIpc) is 3.58. The first kappa shape index (κ1) is 30.9. The number of hydrogen-bond acceptors (Lipinski definition) is 12. The lowest BCUT2D eigenvalue weighted by molar-refractivity contribution is -0.147. The molecular weight excluding hydrogens is 577 g/mol. The molecular formula is C28H36N7O7P. The number of esters is 1. The van der Waals surface area contributed by atoms with E-state index in [4.69, 9.17) is 30.0 Å². The van der Waals surface area contributed by atoms with Crippen LogP contribution in [0.3, 0.4) is 0 Å². The highest BCUT2D eigenvalue weighted by molar-refractivity contribution is 7.52. The normalized spacial score (nSPS) is 27.7. The van der Waals surface area contributed by atoms with Gasteiger partial charge in [0.05, 0.1) is 12.3 Å². The summed E-state index contributed by atoms with van der Waals surface area (Å²) in [6, 6.07) is 12.7. The third kappa shape index (κ3) is 6.99. The topological polar surface area (TPSA) is 209 Å². The van der Waals surface area contributed by atoms with Gasteiger partial charge in [0.1, 0.15) is 48.5 Å². The largest absolute Gasteiger partial charge is 0.464 e. The molecule has 1 unspecified atom stereocenters. The van der Waals surface area contributed by atoms with Crippen LogP contribution in [0, 0.1) is 17.2 Å². The van der Waals surface area contributed by atoms with Gasteiger partial charge in [0, 0.05) is 12.5 Å². The number of hydrogen-bond donors (Lipinski definition) is 4. The van der Waals surface area contributed by atoms with Crippen molar-refractivity contribution in [3.8, 4) is 11.8 Å². The number of fused-ring (bicyclic) bond motifs is 1. The Labute approximate surface area is 248 Å². The predicted octanol–water partition coefficient (Wildman–Crippen LogP) is 2.64. The van der Waals surface area contributed by atoms with Crippen LogP contribution in [0.4, 0.5) is 5.82 Å². The van der Waals surface area contributed by atoms with Crippen LogP contribution in [-0.2, 0) is 23.4 Å². The molecule has 2 aliphatic rings. The Morgan fingerprint density at radius 3 is 2.74 bits per heavy atom. The summed E-state index contributed by atoms with van der Waals surface area (Å²) in [5.41, 5.74) is 11.1. The summed E-state index contributed by atoms with van der Waals surface area (Å²) in [4.78, 5) is 16.8. The molecule has 1 saturated carbocycles. The highest BCUT2D eigenvalue weighted by atomic mass is 31.2. The molecule has 3 heterocycles. The minimum Gasteiger partial charge on any atom is -0.464 e. The Bertz CT molecular complexity index is 1510. The quantitative estimate of drug-likeness (QED) is 0.181. The fourth-order valence-corrected chi connectivity index (χ4v) is 6.82. The third-order valence-electron chi connectivity index (χ3n) is 7.83. The highest BCUT2D eigenvalue weighted by Gasteiger charge is 2.52. The van der Waals surface area contributed by atoms with Gasteiger partial charge in [0.25, 0.3) is 0 Å². The number of para-hydroxylation sites is 1. The fraction of sp³-hybridized carbons (Fsp3) is 0.500. The SMILES string of the molecule is C[C@H](NP(=O)(OC[C@@]1(C#N)O[C@@H](c2ccc3c(N)ncnn23)C[C@@H]1O)Oc1ccccc1)C(=O)OCC1CCC(N)CC1. The predicted molar refractivity (Wildman–Crippen MR) is 154 cm³/mol. The molecule has 5 rings (SSSR count). The maximum absolute atomic E-state index is 14.0. The number of aromatic nitrogens is 3. The minimum atomic E-state index is -4.33. The number of nitrogens with zero attached hydrogens (tertiary/aromatic N) is 4. The molecule has 2 aromatic heterocycles. The minimum absolute atomic E-state index is 0.0268. The zero-order valence-corrected chi connectivity index (χ0v) is 24.6. The monoisotopic (exact) mass is 613 g/mol. The van der Waals surface area contributed by atoms with Crippen LogP contribution in [0.25, 0.3) is 5.52 Å². The van der Waals surface area contributed by atoms with Crippen LogP contribution in [0.15, 0.2) is 48.8 Å². The zero-order valence-electron chi connectivity index (χ0n) is 23.7. The molecule has 43 heavy (non-hydrogen) atoms. The van der Waals surface area contributed by atoms with E-state index in [1.807, 2.05) is 6.07 Å². The first-order chi connectivity index (χ1) is 20.6. The summed E-state index contributed by atoms with van der Waals surface area (Å²) >= 11 is 0. The summed E-state index contributed by atoms with van der Waals surface area (Å²) in [6.07, 6.45) is 2.73. The number of nitrogen functional groups attached to an aromatic ring is 1. The van der Waals surface area contributed by atoms with E-state index in [1.54, 1.807) is 42.5 Å². The molecule has 6 N–H and O–H groups in total. The van der Waals surface area contributed by atoms with E-state index in [0.717, 1.165) is 25.7 Å². The van der Waals surface area contributed by atoms with E-state index in [2.05, 4.69) is 15.2 Å². The summed E-state index contributed by atoms with van der Waals surface area (Å²) in [5, 5.41) is 27.9.